The van der Waals surface area contributed by atoms with E-state index in [9.17, 15) is 4.79 Å². The molecule has 0 atom stereocenters. The topological polar surface area (TPSA) is 50.7 Å². The zero-order valence-corrected chi connectivity index (χ0v) is 13.8. The molecule has 4 heteroatoms. The summed E-state index contributed by atoms with van der Waals surface area (Å²) in [7, 11) is 0. The van der Waals surface area contributed by atoms with E-state index in [1.54, 1.807) is 0 Å². The SMILES string of the molecule is CC/C(=N\NC(=O)COc1cccc(C)c1C)c1ccccc1. The normalized spacial score (nSPS) is 11.2. The maximum absolute atomic E-state index is 11.9. The van der Waals surface area contributed by atoms with Crippen molar-refractivity contribution in [3.8, 4) is 5.75 Å². The Morgan fingerprint density at radius 2 is 1.83 bits per heavy atom. The van der Waals surface area contributed by atoms with Gasteiger partial charge in [0, 0.05) is 0 Å². The van der Waals surface area contributed by atoms with Gasteiger partial charge in [0.25, 0.3) is 5.91 Å². The number of amides is 1. The fourth-order valence-electron chi connectivity index (χ4n) is 2.16. The van der Waals surface area contributed by atoms with E-state index in [1.807, 2.05) is 69.3 Å². The molecular weight excluding hydrogens is 288 g/mol. The summed E-state index contributed by atoms with van der Waals surface area (Å²) < 4.78 is 5.57. The maximum atomic E-state index is 11.9. The minimum absolute atomic E-state index is 0.0560. The molecule has 0 saturated heterocycles. The Balaban J connectivity index is 1.94. The Morgan fingerprint density at radius 3 is 2.52 bits per heavy atom. The second-order valence-corrected chi connectivity index (χ2v) is 5.30. The molecule has 1 amide bonds. The zero-order valence-electron chi connectivity index (χ0n) is 13.8. The van der Waals surface area contributed by atoms with Crippen LogP contribution in [0.2, 0.25) is 0 Å². The van der Waals surface area contributed by atoms with Gasteiger partial charge in [-0.1, -0.05) is 49.4 Å². The predicted molar refractivity (Wildman–Crippen MR) is 92.8 cm³/mol. The molecule has 2 aromatic carbocycles. The number of carbonyl (C=O) groups excluding carboxylic acids is 1. The smallest absolute Gasteiger partial charge is 0.277 e. The molecule has 2 rings (SSSR count). The number of carbonyl (C=O) groups is 1. The van der Waals surface area contributed by atoms with E-state index >= 15 is 0 Å². The average Bonchev–Trinajstić information content (AvgIpc) is 2.58. The van der Waals surface area contributed by atoms with Crippen molar-refractivity contribution >= 4 is 11.6 Å². The third-order valence-corrected chi connectivity index (χ3v) is 3.67. The largest absolute Gasteiger partial charge is 0.483 e. The molecule has 0 aromatic heterocycles. The van der Waals surface area contributed by atoms with Gasteiger partial charge in [-0.25, -0.2) is 5.43 Å². The number of nitrogens with zero attached hydrogens (tertiary/aromatic N) is 1. The number of hydrogen-bond donors (Lipinski definition) is 1. The molecule has 23 heavy (non-hydrogen) atoms. The first-order valence-corrected chi connectivity index (χ1v) is 7.71. The maximum Gasteiger partial charge on any atom is 0.277 e. The number of ether oxygens (including phenoxy) is 1. The second kappa shape index (κ2) is 8.13. The summed E-state index contributed by atoms with van der Waals surface area (Å²) in [4.78, 5) is 11.9. The van der Waals surface area contributed by atoms with Gasteiger partial charge < -0.3 is 4.74 Å². The van der Waals surface area contributed by atoms with Crippen LogP contribution in [0.15, 0.2) is 53.6 Å². The third-order valence-electron chi connectivity index (χ3n) is 3.67. The lowest BCUT2D eigenvalue weighted by Gasteiger charge is -2.10. The van der Waals surface area contributed by atoms with Crippen molar-refractivity contribution < 1.29 is 9.53 Å². The van der Waals surface area contributed by atoms with Crippen molar-refractivity contribution in [2.75, 3.05) is 6.61 Å². The summed E-state index contributed by atoms with van der Waals surface area (Å²) in [5.74, 6) is 0.454. The molecule has 1 N–H and O–H groups in total. The highest BCUT2D eigenvalue weighted by molar-refractivity contribution is 6.00. The molecule has 0 aliphatic rings. The molecule has 0 unspecified atom stereocenters. The highest BCUT2D eigenvalue weighted by Crippen LogP contribution is 2.20. The molecule has 0 aliphatic carbocycles. The van der Waals surface area contributed by atoms with E-state index < -0.39 is 0 Å². The second-order valence-electron chi connectivity index (χ2n) is 5.30. The van der Waals surface area contributed by atoms with Crippen LogP contribution in [0.25, 0.3) is 0 Å². The highest BCUT2D eigenvalue weighted by Gasteiger charge is 2.06. The Morgan fingerprint density at radius 1 is 1.09 bits per heavy atom. The van der Waals surface area contributed by atoms with E-state index in [0.717, 1.165) is 34.6 Å². The quantitative estimate of drug-likeness (QED) is 0.654. The van der Waals surface area contributed by atoms with Crippen molar-refractivity contribution in [1.82, 2.24) is 5.43 Å². The lowest BCUT2D eigenvalue weighted by atomic mass is 10.1. The van der Waals surface area contributed by atoms with Crippen molar-refractivity contribution in [2.24, 2.45) is 5.10 Å². The van der Waals surface area contributed by atoms with Gasteiger partial charge in [-0.2, -0.15) is 5.10 Å². The van der Waals surface area contributed by atoms with E-state index in [1.165, 1.54) is 0 Å². The van der Waals surface area contributed by atoms with Gasteiger partial charge in [-0.3, -0.25) is 4.79 Å². The van der Waals surface area contributed by atoms with Crippen molar-refractivity contribution in [1.29, 1.82) is 0 Å². The summed E-state index contributed by atoms with van der Waals surface area (Å²) in [5.41, 5.74) is 6.59. The number of nitrogens with one attached hydrogen (secondary N) is 1. The first-order chi connectivity index (χ1) is 11.1. The van der Waals surface area contributed by atoms with E-state index in [4.69, 9.17) is 4.74 Å². The Hall–Kier alpha value is -2.62. The first-order valence-electron chi connectivity index (χ1n) is 7.71. The summed E-state index contributed by atoms with van der Waals surface area (Å²) in [6.45, 7) is 5.94. The van der Waals surface area contributed by atoms with Crippen LogP contribution in [-0.4, -0.2) is 18.2 Å². The summed E-state index contributed by atoms with van der Waals surface area (Å²) in [6, 6.07) is 15.6. The van der Waals surface area contributed by atoms with Gasteiger partial charge in [0.15, 0.2) is 6.61 Å². The van der Waals surface area contributed by atoms with Crippen molar-refractivity contribution in [3.63, 3.8) is 0 Å². The Bertz CT molecular complexity index is 694. The molecule has 0 fully saturated rings. The van der Waals surface area contributed by atoms with Gasteiger partial charge >= 0.3 is 0 Å². The molecule has 0 spiro atoms. The van der Waals surface area contributed by atoms with Crippen molar-refractivity contribution in [2.45, 2.75) is 27.2 Å². The van der Waals surface area contributed by atoms with E-state index in [0.29, 0.717) is 0 Å². The van der Waals surface area contributed by atoms with Crippen LogP contribution in [0.3, 0.4) is 0 Å². The van der Waals surface area contributed by atoms with Crippen LogP contribution in [-0.2, 0) is 4.79 Å². The molecule has 120 valence electrons. The summed E-state index contributed by atoms with van der Waals surface area (Å²) >= 11 is 0. The Kier molecular flexibility index (Phi) is 5.92. The predicted octanol–water partition coefficient (Wildman–Crippen LogP) is 3.61. The number of hydrazone groups is 1. The van der Waals surface area contributed by atoms with Crippen LogP contribution in [0.1, 0.15) is 30.0 Å². The molecule has 2 aromatic rings. The fraction of sp³-hybridized carbons (Fsp3) is 0.263. The monoisotopic (exact) mass is 310 g/mol. The molecule has 0 radical (unpaired) electrons. The lowest BCUT2D eigenvalue weighted by molar-refractivity contribution is -0.123. The minimum Gasteiger partial charge on any atom is -0.483 e. The molecule has 0 heterocycles. The third kappa shape index (κ3) is 4.68. The van der Waals surface area contributed by atoms with Crippen molar-refractivity contribution in [3.05, 3.63) is 65.2 Å². The van der Waals surface area contributed by atoms with Crippen LogP contribution >= 0.6 is 0 Å². The van der Waals surface area contributed by atoms with Gasteiger partial charge in [0.2, 0.25) is 0 Å². The van der Waals surface area contributed by atoms with Crippen LogP contribution < -0.4 is 10.2 Å². The molecular formula is C19H22N2O2. The van der Waals surface area contributed by atoms with E-state index in [2.05, 4.69) is 10.5 Å². The van der Waals surface area contributed by atoms with Gasteiger partial charge in [-0.15, -0.1) is 0 Å². The summed E-state index contributed by atoms with van der Waals surface area (Å²) in [6.07, 6.45) is 0.738. The molecule has 0 aliphatic heterocycles. The van der Waals surface area contributed by atoms with Crippen LogP contribution in [0.4, 0.5) is 0 Å². The zero-order chi connectivity index (χ0) is 16.7. The standard InChI is InChI=1S/C19H22N2O2/c1-4-17(16-10-6-5-7-11-16)20-21-19(22)13-23-18-12-8-9-14(2)15(18)3/h5-12H,4,13H2,1-3H3,(H,21,22)/b20-17+. The molecule has 0 bridgehead atoms. The van der Waals surface area contributed by atoms with Gasteiger partial charge in [-0.05, 0) is 43.0 Å². The molecule has 4 nitrogen and oxygen atoms in total. The van der Waals surface area contributed by atoms with Crippen LogP contribution in [0.5, 0.6) is 5.75 Å². The van der Waals surface area contributed by atoms with Gasteiger partial charge in [0.1, 0.15) is 5.75 Å². The average molecular weight is 310 g/mol. The van der Waals surface area contributed by atoms with E-state index in [-0.39, 0.29) is 12.5 Å². The Labute approximate surface area is 137 Å². The highest BCUT2D eigenvalue weighted by atomic mass is 16.5. The van der Waals surface area contributed by atoms with Crippen LogP contribution in [0, 0.1) is 13.8 Å². The first kappa shape index (κ1) is 16.7. The number of hydrogen-bond acceptors (Lipinski definition) is 3. The van der Waals surface area contributed by atoms with Gasteiger partial charge in [0.05, 0.1) is 5.71 Å². The summed E-state index contributed by atoms with van der Waals surface area (Å²) in [5, 5.41) is 4.20. The fourth-order valence-corrected chi connectivity index (χ4v) is 2.16. The number of benzene rings is 2. The number of rotatable bonds is 6. The lowest BCUT2D eigenvalue weighted by Crippen LogP contribution is -2.26. The minimum atomic E-state index is -0.271. The molecule has 0 saturated carbocycles. The number of aryl methyl sites for hydroxylation is 1.